The van der Waals surface area contributed by atoms with E-state index in [9.17, 15) is 4.79 Å². The van der Waals surface area contributed by atoms with E-state index < -0.39 is 6.04 Å². The van der Waals surface area contributed by atoms with Crippen LogP contribution < -0.4 is 5.32 Å². The van der Waals surface area contributed by atoms with Gasteiger partial charge in [0.15, 0.2) is 5.82 Å². The number of aromatic nitrogens is 3. The Hall–Kier alpha value is -2.37. The molecule has 0 bridgehead atoms. The molecule has 0 fully saturated rings. The van der Waals surface area contributed by atoms with Crippen LogP contribution in [0.5, 0.6) is 0 Å². The molecule has 1 atom stereocenters. The standard InChI is InChI=1S/C13H16N4O2/c1-9(13(18)19-3)15-11-7-5-4-6-10(11)12-16-14-8-17(12)2/h4-9,15H,1-3H3. The number of hydrogen-bond acceptors (Lipinski definition) is 5. The Balaban J connectivity index is 2.32. The minimum atomic E-state index is -0.431. The molecular weight excluding hydrogens is 244 g/mol. The molecule has 6 heteroatoms. The van der Waals surface area contributed by atoms with Crippen molar-refractivity contribution in [2.75, 3.05) is 12.4 Å². The van der Waals surface area contributed by atoms with E-state index >= 15 is 0 Å². The van der Waals surface area contributed by atoms with Crippen molar-refractivity contribution in [2.45, 2.75) is 13.0 Å². The van der Waals surface area contributed by atoms with Crippen LogP contribution in [0, 0.1) is 0 Å². The molecule has 1 heterocycles. The summed E-state index contributed by atoms with van der Waals surface area (Å²) in [5.74, 6) is 0.424. The van der Waals surface area contributed by atoms with Crippen molar-refractivity contribution in [1.29, 1.82) is 0 Å². The van der Waals surface area contributed by atoms with Gasteiger partial charge in [-0.2, -0.15) is 0 Å². The third-order valence-electron chi connectivity index (χ3n) is 2.81. The van der Waals surface area contributed by atoms with Gasteiger partial charge in [0.05, 0.1) is 7.11 Å². The lowest BCUT2D eigenvalue weighted by Crippen LogP contribution is -2.27. The third-order valence-corrected chi connectivity index (χ3v) is 2.81. The number of rotatable bonds is 4. The number of anilines is 1. The van der Waals surface area contributed by atoms with E-state index in [4.69, 9.17) is 4.74 Å². The second kappa shape index (κ2) is 5.51. The van der Waals surface area contributed by atoms with Gasteiger partial charge in [0.25, 0.3) is 0 Å². The molecule has 1 unspecified atom stereocenters. The highest BCUT2D eigenvalue weighted by atomic mass is 16.5. The SMILES string of the molecule is COC(=O)C(C)Nc1ccccc1-c1nncn1C. The van der Waals surface area contributed by atoms with Crippen molar-refractivity contribution in [2.24, 2.45) is 7.05 Å². The largest absolute Gasteiger partial charge is 0.467 e. The van der Waals surface area contributed by atoms with E-state index in [1.165, 1.54) is 7.11 Å². The number of nitrogens with one attached hydrogen (secondary N) is 1. The normalized spacial score (nSPS) is 11.9. The molecule has 0 amide bonds. The molecule has 2 aromatic rings. The molecule has 0 aliphatic heterocycles. The van der Waals surface area contributed by atoms with Crippen molar-refractivity contribution in [3.63, 3.8) is 0 Å². The topological polar surface area (TPSA) is 69.0 Å². The number of para-hydroxylation sites is 1. The Morgan fingerprint density at radius 2 is 2.16 bits per heavy atom. The number of benzene rings is 1. The van der Waals surface area contributed by atoms with Crippen LogP contribution >= 0.6 is 0 Å². The quantitative estimate of drug-likeness (QED) is 0.843. The van der Waals surface area contributed by atoms with Crippen LogP contribution in [-0.2, 0) is 16.6 Å². The summed E-state index contributed by atoms with van der Waals surface area (Å²) in [7, 11) is 3.24. The first-order chi connectivity index (χ1) is 9.13. The molecule has 2 rings (SSSR count). The van der Waals surface area contributed by atoms with Crippen molar-refractivity contribution >= 4 is 11.7 Å². The van der Waals surface area contributed by atoms with Crippen LogP contribution in [0.15, 0.2) is 30.6 Å². The third kappa shape index (κ3) is 2.73. The molecule has 0 radical (unpaired) electrons. The minimum absolute atomic E-state index is 0.312. The minimum Gasteiger partial charge on any atom is -0.467 e. The molecular formula is C13H16N4O2. The maximum absolute atomic E-state index is 11.5. The van der Waals surface area contributed by atoms with E-state index in [0.29, 0.717) is 0 Å². The summed E-state index contributed by atoms with van der Waals surface area (Å²) in [6.07, 6.45) is 1.63. The molecule has 6 nitrogen and oxygen atoms in total. The molecule has 1 aromatic carbocycles. The van der Waals surface area contributed by atoms with Gasteiger partial charge in [-0.15, -0.1) is 10.2 Å². The summed E-state index contributed by atoms with van der Waals surface area (Å²) in [5, 5.41) is 11.1. The van der Waals surface area contributed by atoms with Crippen LogP contribution in [0.2, 0.25) is 0 Å². The summed E-state index contributed by atoms with van der Waals surface area (Å²) in [4.78, 5) is 11.5. The first kappa shape index (κ1) is 13.1. The van der Waals surface area contributed by atoms with Gasteiger partial charge in [0.1, 0.15) is 12.4 Å². The van der Waals surface area contributed by atoms with E-state index in [0.717, 1.165) is 17.1 Å². The van der Waals surface area contributed by atoms with Crippen molar-refractivity contribution in [1.82, 2.24) is 14.8 Å². The van der Waals surface area contributed by atoms with Crippen molar-refractivity contribution in [3.8, 4) is 11.4 Å². The fourth-order valence-corrected chi connectivity index (χ4v) is 1.80. The van der Waals surface area contributed by atoms with E-state index in [1.807, 2.05) is 35.9 Å². The van der Waals surface area contributed by atoms with Crippen LogP contribution in [0.3, 0.4) is 0 Å². The van der Waals surface area contributed by atoms with Gasteiger partial charge in [-0.1, -0.05) is 12.1 Å². The second-order valence-corrected chi connectivity index (χ2v) is 4.20. The first-order valence-corrected chi connectivity index (χ1v) is 5.91. The zero-order chi connectivity index (χ0) is 13.8. The zero-order valence-corrected chi connectivity index (χ0v) is 11.1. The molecule has 1 N–H and O–H groups in total. The number of ether oxygens (including phenoxy) is 1. The second-order valence-electron chi connectivity index (χ2n) is 4.20. The fraction of sp³-hybridized carbons (Fsp3) is 0.308. The number of carbonyl (C=O) groups is 1. The Morgan fingerprint density at radius 1 is 1.42 bits per heavy atom. The maximum Gasteiger partial charge on any atom is 0.327 e. The summed E-state index contributed by atoms with van der Waals surface area (Å²) in [5.41, 5.74) is 1.70. The van der Waals surface area contributed by atoms with Crippen LogP contribution in [0.25, 0.3) is 11.4 Å². The molecule has 1 aromatic heterocycles. The lowest BCUT2D eigenvalue weighted by atomic mass is 10.1. The molecule has 100 valence electrons. The molecule has 0 aliphatic rings. The number of esters is 1. The fourth-order valence-electron chi connectivity index (χ4n) is 1.80. The van der Waals surface area contributed by atoms with E-state index in [2.05, 4.69) is 15.5 Å². The van der Waals surface area contributed by atoms with Gasteiger partial charge in [0.2, 0.25) is 0 Å². The molecule has 0 spiro atoms. The monoisotopic (exact) mass is 260 g/mol. The molecule has 0 saturated carbocycles. The highest BCUT2D eigenvalue weighted by Crippen LogP contribution is 2.26. The summed E-state index contributed by atoms with van der Waals surface area (Å²) < 4.78 is 6.53. The number of carbonyl (C=O) groups excluding carboxylic acids is 1. The Morgan fingerprint density at radius 3 is 2.79 bits per heavy atom. The van der Waals surface area contributed by atoms with Gasteiger partial charge in [-0.3, -0.25) is 0 Å². The number of hydrogen-bond donors (Lipinski definition) is 1. The van der Waals surface area contributed by atoms with Crippen LogP contribution in [0.1, 0.15) is 6.92 Å². The highest BCUT2D eigenvalue weighted by Gasteiger charge is 2.16. The Kier molecular flexibility index (Phi) is 3.79. The first-order valence-electron chi connectivity index (χ1n) is 5.91. The van der Waals surface area contributed by atoms with E-state index in [1.54, 1.807) is 13.3 Å². The van der Waals surface area contributed by atoms with Crippen molar-refractivity contribution in [3.05, 3.63) is 30.6 Å². The molecule has 0 aliphatic carbocycles. The number of methoxy groups -OCH3 is 1. The summed E-state index contributed by atoms with van der Waals surface area (Å²) in [6.45, 7) is 1.75. The van der Waals surface area contributed by atoms with Gasteiger partial charge in [0, 0.05) is 18.3 Å². The zero-order valence-electron chi connectivity index (χ0n) is 11.1. The lowest BCUT2D eigenvalue weighted by molar-refractivity contribution is -0.141. The number of nitrogens with zero attached hydrogens (tertiary/aromatic N) is 3. The molecule has 19 heavy (non-hydrogen) atoms. The number of aryl methyl sites for hydroxylation is 1. The predicted octanol–water partition coefficient (Wildman–Crippen LogP) is 1.46. The summed E-state index contributed by atoms with van der Waals surface area (Å²) >= 11 is 0. The lowest BCUT2D eigenvalue weighted by Gasteiger charge is -2.15. The Labute approximate surface area is 111 Å². The highest BCUT2D eigenvalue weighted by molar-refractivity contribution is 5.82. The molecule has 0 saturated heterocycles. The van der Waals surface area contributed by atoms with Gasteiger partial charge < -0.3 is 14.6 Å². The predicted molar refractivity (Wildman–Crippen MR) is 71.5 cm³/mol. The summed E-state index contributed by atoms with van der Waals surface area (Å²) in [6, 6.07) is 7.20. The van der Waals surface area contributed by atoms with Crippen LogP contribution in [-0.4, -0.2) is 33.9 Å². The van der Waals surface area contributed by atoms with Crippen molar-refractivity contribution < 1.29 is 9.53 Å². The Bertz CT molecular complexity index is 580. The average Bonchev–Trinajstić information content (AvgIpc) is 2.84. The van der Waals surface area contributed by atoms with Gasteiger partial charge in [-0.25, -0.2) is 4.79 Å². The maximum atomic E-state index is 11.5. The smallest absolute Gasteiger partial charge is 0.327 e. The van der Waals surface area contributed by atoms with Crippen LogP contribution in [0.4, 0.5) is 5.69 Å². The van der Waals surface area contributed by atoms with E-state index in [-0.39, 0.29) is 5.97 Å². The van der Waals surface area contributed by atoms with Gasteiger partial charge in [-0.05, 0) is 19.1 Å². The van der Waals surface area contributed by atoms with Gasteiger partial charge >= 0.3 is 5.97 Å². The average molecular weight is 260 g/mol.